The van der Waals surface area contributed by atoms with Crippen molar-refractivity contribution in [2.75, 3.05) is 7.11 Å². The van der Waals surface area contributed by atoms with E-state index >= 15 is 0 Å². The molecule has 1 aromatic heterocycles. The molecule has 0 aliphatic rings. The van der Waals surface area contributed by atoms with Crippen LogP contribution in [-0.2, 0) is 0 Å². The van der Waals surface area contributed by atoms with E-state index in [1.165, 1.54) is 23.5 Å². The van der Waals surface area contributed by atoms with Crippen molar-refractivity contribution < 1.29 is 9.66 Å². The Hall–Kier alpha value is -3.50. The lowest BCUT2D eigenvalue weighted by Gasteiger charge is -2.00. The second-order valence-electron chi connectivity index (χ2n) is 5.28. The topological polar surface area (TPSA) is 89.0 Å². The van der Waals surface area contributed by atoms with Gasteiger partial charge in [0.2, 0.25) is 0 Å². The molecular formula is C19H13N3O3S. The number of methoxy groups -OCH3 is 1. The molecule has 1 heterocycles. The number of benzene rings is 2. The van der Waals surface area contributed by atoms with Crippen molar-refractivity contribution in [3.05, 3.63) is 74.6 Å². The molecule has 3 rings (SSSR count). The van der Waals surface area contributed by atoms with Crippen molar-refractivity contribution in [1.29, 1.82) is 5.26 Å². The molecule has 0 saturated carbocycles. The maximum Gasteiger partial charge on any atom is 0.269 e. The standard InChI is InChI=1S/C19H13N3O3S/c1-25-17-8-2-13(3-9-17)10-15(11-20)19-21-18(12-26-19)14-4-6-16(7-5-14)22(23)24/h2-10,12H,1H3/b15-10+. The Morgan fingerprint density at radius 3 is 2.50 bits per heavy atom. The maximum atomic E-state index is 10.7. The van der Waals surface area contributed by atoms with E-state index in [4.69, 9.17) is 4.74 Å². The van der Waals surface area contributed by atoms with Gasteiger partial charge >= 0.3 is 0 Å². The molecular weight excluding hydrogens is 350 g/mol. The molecule has 0 spiro atoms. The molecule has 0 N–H and O–H groups in total. The van der Waals surface area contributed by atoms with E-state index in [0.717, 1.165) is 16.9 Å². The minimum atomic E-state index is -0.443. The molecule has 2 aromatic carbocycles. The van der Waals surface area contributed by atoms with Crippen molar-refractivity contribution in [2.45, 2.75) is 0 Å². The van der Waals surface area contributed by atoms with E-state index in [1.54, 1.807) is 25.3 Å². The molecule has 0 fully saturated rings. The smallest absolute Gasteiger partial charge is 0.269 e. The number of nitro benzene ring substituents is 1. The van der Waals surface area contributed by atoms with Gasteiger partial charge in [-0.1, -0.05) is 12.1 Å². The van der Waals surface area contributed by atoms with E-state index in [-0.39, 0.29) is 5.69 Å². The Morgan fingerprint density at radius 1 is 1.23 bits per heavy atom. The quantitative estimate of drug-likeness (QED) is 0.369. The number of hydrogen-bond acceptors (Lipinski definition) is 6. The molecule has 0 aliphatic heterocycles. The van der Waals surface area contributed by atoms with Crippen LogP contribution in [0.25, 0.3) is 22.9 Å². The maximum absolute atomic E-state index is 10.7. The van der Waals surface area contributed by atoms with Crippen LogP contribution in [0.1, 0.15) is 10.6 Å². The van der Waals surface area contributed by atoms with Gasteiger partial charge in [-0.05, 0) is 35.9 Å². The fourth-order valence-electron chi connectivity index (χ4n) is 2.29. The van der Waals surface area contributed by atoms with Crippen LogP contribution in [0.4, 0.5) is 5.69 Å². The van der Waals surface area contributed by atoms with Crippen molar-refractivity contribution in [3.8, 4) is 23.1 Å². The van der Waals surface area contributed by atoms with Crippen LogP contribution in [0.15, 0.2) is 53.9 Å². The Kier molecular flexibility index (Phi) is 5.06. The SMILES string of the molecule is COc1ccc(/C=C(\C#N)c2nc(-c3ccc([N+](=O)[O-])cc3)cs2)cc1. The van der Waals surface area contributed by atoms with Crippen LogP contribution in [-0.4, -0.2) is 17.0 Å². The summed E-state index contributed by atoms with van der Waals surface area (Å²) in [4.78, 5) is 14.8. The van der Waals surface area contributed by atoms with Gasteiger partial charge in [-0.25, -0.2) is 4.98 Å². The first kappa shape index (κ1) is 17.3. The second kappa shape index (κ2) is 7.59. The Labute approximate surface area is 153 Å². The first-order chi connectivity index (χ1) is 12.6. The fraction of sp³-hybridized carbons (Fsp3) is 0.0526. The lowest BCUT2D eigenvalue weighted by Crippen LogP contribution is -1.87. The Balaban J connectivity index is 1.87. The van der Waals surface area contributed by atoms with Crippen molar-refractivity contribution in [2.24, 2.45) is 0 Å². The van der Waals surface area contributed by atoms with Gasteiger partial charge in [0.25, 0.3) is 5.69 Å². The first-order valence-electron chi connectivity index (χ1n) is 7.57. The first-order valence-corrected chi connectivity index (χ1v) is 8.45. The Bertz CT molecular complexity index is 1000. The zero-order chi connectivity index (χ0) is 18.5. The van der Waals surface area contributed by atoms with Gasteiger partial charge in [-0.15, -0.1) is 11.3 Å². The summed E-state index contributed by atoms with van der Waals surface area (Å²) < 4.78 is 5.12. The summed E-state index contributed by atoms with van der Waals surface area (Å²) in [5.41, 5.74) is 2.79. The monoisotopic (exact) mass is 363 g/mol. The summed E-state index contributed by atoms with van der Waals surface area (Å²) >= 11 is 1.35. The molecule has 0 saturated heterocycles. The van der Waals surface area contributed by atoms with Crippen LogP contribution in [0.5, 0.6) is 5.75 Å². The van der Waals surface area contributed by atoms with Crippen molar-refractivity contribution >= 4 is 28.7 Å². The molecule has 26 heavy (non-hydrogen) atoms. The third-order valence-corrected chi connectivity index (χ3v) is 4.53. The summed E-state index contributed by atoms with van der Waals surface area (Å²) in [6, 6.07) is 15.7. The Morgan fingerprint density at radius 2 is 1.92 bits per heavy atom. The van der Waals surface area contributed by atoms with Crippen molar-refractivity contribution in [3.63, 3.8) is 0 Å². The van der Waals surface area contributed by atoms with Gasteiger partial charge in [0.1, 0.15) is 16.8 Å². The molecule has 7 heteroatoms. The van der Waals surface area contributed by atoms with E-state index in [0.29, 0.717) is 16.3 Å². The summed E-state index contributed by atoms with van der Waals surface area (Å²) in [5.74, 6) is 0.746. The zero-order valence-corrected chi connectivity index (χ0v) is 14.6. The normalized spacial score (nSPS) is 11.0. The predicted molar refractivity (Wildman–Crippen MR) is 101 cm³/mol. The van der Waals surface area contributed by atoms with E-state index in [2.05, 4.69) is 11.1 Å². The molecule has 128 valence electrons. The molecule has 3 aromatic rings. The zero-order valence-electron chi connectivity index (χ0n) is 13.7. The average molecular weight is 363 g/mol. The number of non-ortho nitro benzene ring substituents is 1. The van der Waals surface area contributed by atoms with Gasteiger partial charge in [0, 0.05) is 23.1 Å². The van der Waals surface area contributed by atoms with E-state index in [1.807, 2.05) is 29.6 Å². The number of nitrogens with zero attached hydrogens (tertiary/aromatic N) is 3. The third-order valence-electron chi connectivity index (χ3n) is 3.66. The van der Waals surface area contributed by atoms with Crippen LogP contribution >= 0.6 is 11.3 Å². The molecule has 0 radical (unpaired) electrons. The van der Waals surface area contributed by atoms with Crippen molar-refractivity contribution in [1.82, 2.24) is 4.98 Å². The number of nitro groups is 1. The number of aromatic nitrogens is 1. The van der Waals surface area contributed by atoms with Gasteiger partial charge < -0.3 is 4.74 Å². The highest BCUT2D eigenvalue weighted by Crippen LogP contribution is 2.28. The predicted octanol–water partition coefficient (Wildman–Crippen LogP) is 4.79. The highest BCUT2D eigenvalue weighted by Gasteiger charge is 2.11. The van der Waals surface area contributed by atoms with Crippen LogP contribution in [0, 0.1) is 21.4 Å². The molecule has 6 nitrogen and oxygen atoms in total. The van der Waals surface area contributed by atoms with E-state index in [9.17, 15) is 15.4 Å². The van der Waals surface area contributed by atoms with Gasteiger partial charge in [0.15, 0.2) is 0 Å². The summed E-state index contributed by atoms with van der Waals surface area (Å²) in [6.45, 7) is 0. The molecule has 0 bridgehead atoms. The molecule has 0 amide bonds. The summed E-state index contributed by atoms with van der Waals surface area (Å²) in [7, 11) is 1.60. The minimum Gasteiger partial charge on any atom is -0.497 e. The number of rotatable bonds is 5. The number of ether oxygens (including phenoxy) is 1. The molecule has 0 aliphatic carbocycles. The minimum absolute atomic E-state index is 0.0290. The second-order valence-corrected chi connectivity index (χ2v) is 6.14. The van der Waals surface area contributed by atoms with Gasteiger partial charge in [-0.2, -0.15) is 5.26 Å². The summed E-state index contributed by atoms with van der Waals surface area (Å²) in [5, 5.41) is 22.6. The lowest BCUT2D eigenvalue weighted by atomic mass is 10.1. The largest absolute Gasteiger partial charge is 0.497 e. The van der Waals surface area contributed by atoms with Crippen LogP contribution in [0.3, 0.4) is 0 Å². The number of allylic oxidation sites excluding steroid dienone is 1. The molecule has 0 unspecified atom stereocenters. The lowest BCUT2D eigenvalue weighted by molar-refractivity contribution is -0.384. The number of thiazole rings is 1. The van der Waals surface area contributed by atoms with E-state index < -0.39 is 4.92 Å². The van der Waals surface area contributed by atoms with Gasteiger partial charge in [0.05, 0.1) is 23.3 Å². The van der Waals surface area contributed by atoms with Gasteiger partial charge in [-0.3, -0.25) is 10.1 Å². The third kappa shape index (κ3) is 3.77. The van der Waals surface area contributed by atoms with Crippen LogP contribution < -0.4 is 4.74 Å². The number of nitriles is 1. The summed E-state index contributed by atoms with van der Waals surface area (Å²) in [6.07, 6.45) is 1.76. The molecule has 0 atom stereocenters. The number of hydrogen-bond donors (Lipinski definition) is 0. The average Bonchev–Trinajstić information content (AvgIpc) is 3.16. The highest BCUT2D eigenvalue weighted by atomic mass is 32.1. The van der Waals surface area contributed by atoms with Crippen LogP contribution in [0.2, 0.25) is 0 Å². The fourth-order valence-corrected chi connectivity index (χ4v) is 3.09. The highest BCUT2D eigenvalue weighted by molar-refractivity contribution is 7.11.